The third-order valence-corrected chi connectivity index (χ3v) is 21.4. The Morgan fingerprint density at radius 3 is 2.16 bits per heavy atom. The zero-order valence-electron chi connectivity index (χ0n) is 20.7. The van der Waals surface area contributed by atoms with Crippen molar-refractivity contribution in [3.63, 3.8) is 0 Å². The van der Waals surface area contributed by atoms with Crippen molar-refractivity contribution in [2.24, 2.45) is 4.36 Å². The van der Waals surface area contributed by atoms with Gasteiger partial charge in [-0.05, 0) is 0 Å². The van der Waals surface area contributed by atoms with Crippen molar-refractivity contribution in [2.75, 3.05) is 37.2 Å². The second kappa shape index (κ2) is 12.7. The molecule has 8 heteroatoms. The molecule has 1 saturated heterocycles. The Labute approximate surface area is 195 Å². The first-order valence-corrected chi connectivity index (χ1v) is 22.0. The summed E-state index contributed by atoms with van der Waals surface area (Å²) in [6.45, 7) is 11.3. The van der Waals surface area contributed by atoms with Crippen LogP contribution in [0.4, 0.5) is 11.6 Å². The number of hydrogen-bond donors (Lipinski definition) is 0. The second-order valence-corrected chi connectivity index (χ2v) is 24.8. The van der Waals surface area contributed by atoms with Crippen LogP contribution in [-0.2, 0) is 14.5 Å². The predicted octanol–water partition coefficient (Wildman–Crippen LogP) is 5.12. The molecule has 0 aromatic carbocycles. The molecule has 0 aliphatic carbocycles. The number of aromatic nitrogens is 2. The van der Waals surface area contributed by atoms with Crippen LogP contribution in [-0.4, -0.2) is 70.9 Å². The summed E-state index contributed by atoms with van der Waals surface area (Å²) >= 11 is -2.84. The molecule has 2 heterocycles. The SMILES string of the molecule is CCC[CH2][Sn]([CH2]CCC)([CH2]CCC)[c]1nc(N=S(C)(C)=O)cc(N2CCOC[C@H]2C)n1. The Hall–Kier alpha value is -0.411. The van der Waals surface area contributed by atoms with Crippen molar-refractivity contribution in [1.29, 1.82) is 0 Å². The fourth-order valence-electron chi connectivity index (χ4n) is 4.40. The van der Waals surface area contributed by atoms with Gasteiger partial charge in [0.1, 0.15) is 0 Å². The van der Waals surface area contributed by atoms with E-state index in [1.54, 1.807) is 12.5 Å². The standard InChI is InChI=1S/C11H17N4O2S.3C4H9.Sn/c1-9-7-17-5-4-15(9)11-6-10(12-8-13-11)14-18(2,3)16;3*1-3-4-2;/h6,9H,4-5,7H2,1-3H3;3*1,3-4H2,2H3;/t9-;;;;/m1..../s1. The van der Waals surface area contributed by atoms with Crippen LogP contribution in [0.25, 0.3) is 0 Å². The van der Waals surface area contributed by atoms with E-state index in [1.165, 1.54) is 51.8 Å². The van der Waals surface area contributed by atoms with E-state index >= 15 is 0 Å². The van der Waals surface area contributed by atoms with E-state index in [-0.39, 0.29) is 6.04 Å². The molecular weight excluding hydrogens is 515 g/mol. The number of ether oxygens (including phenoxy) is 1. The average molecular weight is 559 g/mol. The van der Waals surface area contributed by atoms with Crippen LogP contribution in [0.15, 0.2) is 10.4 Å². The minimum atomic E-state index is -2.84. The Morgan fingerprint density at radius 2 is 1.68 bits per heavy atom. The number of anilines is 1. The minimum absolute atomic E-state index is 0.267. The summed E-state index contributed by atoms with van der Waals surface area (Å²) in [6.07, 6.45) is 10.8. The average Bonchev–Trinajstić information content (AvgIpc) is 2.72. The van der Waals surface area contributed by atoms with Crippen LogP contribution < -0.4 is 8.74 Å². The van der Waals surface area contributed by atoms with Crippen molar-refractivity contribution < 1.29 is 8.95 Å². The first-order valence-electron chi connectivity index (χ1n) is 12.2. The zero-order valence-corrected chi connectivity index (χ0v) is 24.3. The fraction of sp³-hybridized carbons (Fsp3) is 0.826. The molecule has 1 atom stereocenters. The van der Waals surface area contributed by atoms with E-state index in [9.17, 15) is 4.21 Å². The summed E-state index contributed by atoms with van der Waals surface area (Å²) in [5, 5.41) is 0. The molecule has 1 fully saturated rings. The van der Waals surface area contributed by atoms with E-state index in [2.05, 4.69) is 37.0 Å². The summed E-state index contributed by atoms with van der Waals surface area (Å²) in [6, 6.07) is 2.22. The maximum atomic E-state index is 12.5. The quantitative estimate of drug-likeness (QED) is 0.333. The molecule has 0 radical (unpaired) electrons. The van der Waals surface area contributed by atoms with Gasteiger partial charge >= 0.3 is 196 Å². The van der Waals surface area contributed by atoms with Gasteiger partial charge in [-0.25, -0.2) is 0 Å². The topological polar surface area (TPSA) is 67.7 Å². The zero-order chi connectivity index (χ0) is 22.9. The van der Waals surface area contributed by atoms with Gasteiger partial charge in [-0.3, -0.25) is 0 Å². The van der Waals surface area contributed by atoms with Crippen LogP contribution >= 0.6 is 0 Å². The van der Waals surface area contributed by atoms with Crippen LogP contribution in [0.1, 0.15) is 66.2 Å². The van der Waals surface area contributed by atoms with Gasteiger partial charge in [0.25, 0.3) is 0 Å². The molecule has 2 rings (SSSR count). The number of nitrogens with zero attached hydrogens (tertiary/aromatic N) is 4. The molecule has 0 unspecified atom stereocenters. The number of morpholine rings is 1. The molecule has 1 aliphatic heterocycles. The van der Waals surface area contributed by atoms with Crippen LogP contribution in [0.3, 0.4) is 0 Å². The van der Waals surface area contributed by atoms with E-state index in [0.29, 0.717) is 19.0 Å². The van der Waals surface area contributed by atoms with E-state index in [1.807, 2.05) is 6.07 Å². The molecule has 31 heavy (non-hydrogen) atoms. The molecule has 0 bridgehead atoms. The molecule has 1 aliphatic rings. The Kier molecular flexibility index (Phi) is 11.0. The van der Waals surface area contributed by atoms with E-state index in [4.69, 9.17) is 14.7 Å². The van der Waals surface area contributed by atoms with Crippen molar-refractivity contribution >= 4 is 43.6 Å². The van der Waals surface area contributed by atoms with Crippen LogP contribution in [0.2, 0.25) is 13.3 Å². The van der Waals surface area contributed by atoms with Crippen molar-refractivity contribution in [1.82, 2.24) is 9.97 Å². The summed E-state index contributed by atoms with van der Waals surface area (Å²) < 4.78 is 27.8. The van der Waals surface area contributed by atoms with Gasteiger partial charge in [0.15, 0.2) is 0 Å². The first kappa shape index (κ1) is 26.8. The van der Waals surface area contributed by atoms with Gasteiger partial charge in [0.05, 0.1) is 0 Å². The molecule has 1 aromatic rings. The maximum absolute atomic E-state index is 12.5. The third-order valence-electron chi connectivity index (χ3n) is 6.18. The monoisotopic (exact) mass is 560 g/mol. The van der Waals surface area contributed by atoms with Crippen LogP contribution in [0.5, 0.6) is 0 Å². The van der Waals surface area contributed by atoms with Crippen molar-refractivity contribution in [3.8, 4) is 0 Å². The predicted molar refractivity (Wildman–Crippen MR) is 136 cm³/mol. The number of unbranched alkanes of at least 4 members (excludes halogenated alkanes) is 3. The van der Waals surface area contributed by atoms with Crippen LogP contribution in [0, 0.1) is 0 Å². The summed E-state index contributed by atoms with van der Waals surface area (Å²) in [7, 11) is -2.29. The van der Waals surface area contributed by atoms with Gasteiger partial charge < -0.3 is 0 Å². The normalized spacial score (nSPS) is 17.7. The Bertz CT molecular complexity index is 781. The summed E-state index contributed by atoms with van der Waals surface area (Å²) in [4.78, 5) is 12.6. The van der Waals surface area contributed by atoms with Gasteiger partial charge in [-0.1, -0.05) is 0 Å². The van der Waals surface area contributed by atoms with E-state index in [0.717, 1.165) is 16.2 Å². The molecule has 1 aromatic heterocycles. The molecule has 178 valence electrons. The van der Waals surface area contributed by atoms with Gasteiger partial charge in [0.2, 0.25) is 0 Å². The van der Waals surface area contributed by atoms with Gasteiger partial charge in [0, 0.05) is 0 Å². The number of rotatable bonds is 12. The van der Waals surface area contributed by atoms with Gasteiger partial charge in [-0.2, -0.15) is 0 Å². The number of hydrogen-bond acceptors (Lipinski definition) is 6. The van der Waals surface area contributed by atoms with Crippen molar-refractivity contribution in [2.45, 2.75) is 85.6 Å². The first-order chi connectivity index (χ1) is 14.7. The molecule has 0 N–H and O–H groups in total. The Morgan fingerprint density at radius 1 is 1.10 bits per heavy atom. The molecule has 0 saturated carbocycles. The third kappa shape index (κ3) is 8.14. The summed E-state index contributed by atoms with van der Waals surface area (Å²) in [5.41, 5.74) is 0. The molecule has 6 nitrogen and oxygen atoms in total. The molecular formula is C23H44N4O2SSn. The fourth-order valence-corrected chi connectivity index (χ4v) is 19.8. The van der Waals surface area contributed by atoms with E-state index < -0.39 is 28.1 Å². The van der Waals surface area contributed by atoms with Gasteiger partial charge in [-0.15, -0.1) is 0 Å². The van der Waals surface area contributed by atoms with Crippen molar-refractivity contribution in [3.05, 3.63) is 6.07 Å². The molecule has 0 spiro atoms. The molecule has 0 amide bonds. The Balaban J connectivity index is 2.64. The summed E-state index contributed by atoms with van der Waals surface area (Å²) in [5.74, 6) is 1.56. The second-order valence-electron chi connectivity index (χ2n) is 9.39.